The highest BCUT2D eigenvalue weighted by Crippen LogP contribution is 2.46. The lowest BCUT2D eigenvalue weighted by molar-refractivity contribution is 0.0933. The van der Waals surface area contributed by atoms with Gasteiger partial charge in [0.2, 0.25) is 0 Å². The SMILES string of the molecule is Cc1cc2c(cc1Cc1ccc(C(=O)NNc3ccccn3)o1)C(C)(C)CCC2(C)C. The van der Waals surface area contributed by atoms with E-state index in [9.17, 15) is 4.79 Å². The highest BCUT2D eigenvalue weighted by Gasteiger charge is 2.37. The number of furan rings is 1. The molecule has 0 radical (unpaired) electrons. The summed E-state index contributed by atoms with van der Waals surface area (Å²) >= 11 is 0. The number of benzene rings is 1. The normalized spacial score (nSPS) is 16.4. The molecule has 0 saturated carbocycles. The Balaban J connectivity index is 1.51. The van der Waals surface area contributed by atoms with Gasteiger partial charge in [0.15, 0.2) is 5.76 Å². The van der Waals surface area contributed by atoms with Gasteiger partial charge in [0.1, 0.15) is 11.6 Å². The first-order valence-electron chi connectivity index (χ1n) is 10.9. The monoisotopic (exact) mass is 417 g/mol. The van der Waals surface area contributed by atoms with Crippen LogP contribution in [0.3, 0.4) is 0 Å². The second-order valence-electron chi connectivity index (χ2n) is 9.83. The summed E-state index contributed by atoms with van der Waals surface area (Å²) in [5.41, 5.74) is 11.2. The maximum absolute atomic E-state index is 12.4. The van der Waals surface area contributed by atoms with Crippen molar-refractivity contribution in [2.75, 3.05) is 5.43 Å². The predicted molar refractivity (Wildman–Crippen MR) is 123 cm³/mol. The first-order chi connectivity index (χ1) is 14.7. The Labute approximate surface area is 184 Å². The summed E-state index contributed by atoms with van der Waals surface area (Å²) < 4.78 is 5.86. The Morgan fingerprint density at radius 1 is 1.03 bits per heavy atom. The van der Waals surface area contributed by atoms with Crippen LogP contribution in [0.15, 0.2) is 53.1 Å². The largest absolute Gasteiger partial charge is 0.456 e. The molecule has 4 rings (SSSR count). The van der Waals surface area contributed by atoms with Crippen LogP contribution in [0.4, 0.5) is 5.82 Å². The summed E-state index contributed by atoms with van der Waals surface area (Å²) in [4.78, 5) is 16.5. The minimum Gasteiger partial charge on any atom is -0.456 e. The second kappa shape index (κ2) is 7.88. The van der Waals surface area contributed by atoms with Crippen molar-refractivity contribution in [3.05, 3.63) is 82.4 Å². The molecule has 0 aliphatic heterocycles. The average Bonchev–Trinajstić information content (AvgIpc) is 3.20. The number of fused-ring (bicyclic) bond motifs is 1. The number of nitrogens with zero attached hydrogens (tertiary/aromatic N) is 1. The number of carbonyl (C=O) groups excluding carboxylic acids is 1. The number of hydrogen-bond donors (Lipinski definition) is 2. The Kier molecular flexibility index (Phi) is 5.38. The Morgan fingerprint density at radius 2 is 1.74 bits per heavy atom. The molecule has 1 amide bonds. The minimum absolute atomic E-state index is 0.165. The maximum atomic E-state index is 12.4. The number of aryl methyl sites for hydroxylation is 1. The number of amides is 1. The van der Waals surface area contributed by atoms with Crippen LogP contribution >= 0.6 is 0 Å². The van der Waals surface area contributed by atoms with Gasteiger partial charge in [-0.2, -0.15) is 0 Å². The number of hydrazine groups is 1. The number of anilines is 1. The zero-order valence-electron chi connectivity index (χ0n) is 19.0. The number of carbonyl (C=O) groups is 1. The fourth-order valence-electron chi connectivity index (χ4n) is 4.36. The minimum atomic E-state index is -0.332. The molecule has 31 heavy (non-hydrogen) atoms. The van der Waals surface area contributed by atoms with Crippen LogP contribution in [0.25, 0.3) is 0 Å². The lowest BCUT2D eigenvalue weighted by Gasteiger charge is -2.42. The molecule has 3 aromatic rings. The van der Waals surface area contributed by atoms with Gasteiger partial charge in [-0.3, -0.25) is 15.6 Å². The van der Waals surface area contributed by atoms with Gasteiger partial charge in [-0.25, -0.2) is 4.98 Å². The Hall–Kier alpha value is -3.08. The van der Waals surface area contributed by atoms with E-state index in [2.05, 4.69) is 62.6 Å². The van der Waals surface area contributed by atoms with E-state index in [1.54, 1.807) is 18.3 Å². The van der Waals surface area contributed by atoms with E-state index in [0.717, 1.165) is 5.76 Å². The molecule has 0 saturated heterocycles. The predicted octanol–water partition coefficient (Wildman–Crippen LogP) is 5.68. The van der Waals surface area contributed by atoms with E-state index in [0.29, 0.717) is 12.2 Å². The van der Waals surface area contributed by atoms with Crippen LogP contribution < -0.4 is 10.9 Å². The van der Waals surface area contributed by atoms with Gasteiger partial charge in [0, 0.05) is 12.6 Å². The molecule has 0 bridgehead atoms. The van der Waals surface area contributed by atoms with Crippen molar-refractivity contribution in [1.82, 2.24) is 10.4 Å². The number of aromatic nitrogens is 1. The number of pyridine rings is 1. The first kappa shape index (κ1) is 21.2. The number of hydrogen-bond acceptors (Lipinski definition) is 4. The molecule has 1 aromatic carbocycles. The number of nitrogens with one attached hydrogen (secondary N) is 2. The van der Waals surface area contributed by atoms with Crippen LogP contribution in [-0.4, -0.2) is 10.9 Å². The Morgan fingerprint density at radius 3 is 2.42 bits per heavy atom. The molecule has 0 atom stereocenters. The zero-order chi connectivity index (χ0) is 22.2. The van der Waals surface area contributed by atoms with E-state index in [4.69, 9.17) is 4.42 Å². The lowest BCUT2D eigenvalue weighted by Crippen LogP contribution is -2.34. The summed E-state index contributed by atoms with van der Waals surface area (Å²) in [5.74, 6) is 1.29. The summed E-state index contributed by atoms with van der Waals surface area (Å²) in [5, 5.41) is 0. The van der Waals surface area contributed by atoms with Crippen molar-refractivity contribution in [1.29, 1.82) is 0 Å². The molecular weight excluding hydrogens is 386 g/mol. The summed E-state index contributed by atoms with van der Waals surface area (Å²) in [6.45, 7) is 11.5. The third kappa shape index (κ3) is 4.36. The topological polar surface area (TPSA) is 67.2 Å². The molecule has 162 valence electrons. The molecule has 0 fully saturated rings. The van der Waals surface area contributed by atoms with Crippen LogP contribution in [0, 0.1) is 6.92 Å². The van der Waals surface area contributed by atoms with Crippen LogP contribution in [0.1, 0.15) is 79.1 Å². The summed E-state index contributed by atoms with van der Waals surface area (Å²) in [6.07, 6.45) is 4.71. The van der Waals surface area contributed by atoms with Gasteiger partial charge in [-0.1, -0.05) is 45.9 Å². The molecule has 0 unspecified atom stereocenters. The van der Waals surface area contributed by atoms with E-state index in [1.807, 2.05) is 18.2 Å². The number of rotatable bonds is 5. The van der Waals surface area contributed by atoms with Gasteiger partial charge >= 0.3 is 5.91 Å². The van der Waals surface area contributed by atoms with Gasteiger partial charge in [-0.15, -0.1) is 0 Å². The van der Waals surface area contributed by atoms with Crippen LogP contribution in [0.5, 0.6) is 0 Å². The van der Waals surface area contributed by atoms with Crippen molar-refractivity contribution in [3.63, 3.8) is 0 Å². The molecule has 1 aliphatic carbocycles. The highest BCUT2D eigenvalue weighted by atomic mass is 16.4. The summed E-state index contributed by atoms with van der Waals surface area (Å²) in [7, 11) is 0. The first-order valence-corrected chi connectivity index (χ1v) is 10.9. The molecule has 5 nitrogen and oxygen atoms in total. The fourth-order valence-corrected chi connectivity index (χ4v) is 4.36. The van der Waals surface area contributed by atoms with E-state index in [-0.39, 0.29) is 22.5 Å². The molecule has 0 spiro atoms. The smallest absolute Gasteiger partial charge is 0.305 e. The molecule has 2 N–H and O–H groups in total. The molecule has 5 heteroatoms. The van der Waals surface area contributed by atoms with E-state index >= 15 is 0 Å². The Bertz CT molecular complexity index is 1100. The van der Waals surface area contributed by atoms with E-state index in [1.165, 1.54) is 35.1 Å². The molecule has 2 heterocycles. The fraction of sp³-hybridized carbons (Fsp3) is 0.385. The van der Waals surface area contributed by atoms with Gasteiger partial charge in [-0.05, 0) is 77.1 Å². The van der Waals surface area contributed by atoms with Crippen LogP contribution in [0.2, 0.25) is 0 Å². The third-order valence-corrected chi connectivity index (χ3v) is 6.53. The van der Waals surface area contributed by atoms with Crippen molar-refractivity contribution < 1.29 is 9.21 Å². The van der Waals surface area contributed by atoms with Crippen LogP contribution in [-0.2, 0) is 17.3 Å². The van der Waals surface area contributed by atoms with Crippen molar-refractivity contribution >= 4 is 11.7 Å². The molecular formula is C26H31N3O2. The molecule has 1 aliphatic rings. The lowest BCUT2D eigenvalue weighted by atomic mass is 9.62. The average molecular weight is 418 g/mol. The highest BCUT2D eigenvalue weighted by molar-refractivity contribution is 5.92. The van der Waals surface area contributed by atoms with Crippen molar-refractivity contribution in [2.24, 2.45) is 0 Å². The standard InChI is InChI=1S/C26H31N3O2/c1-17-14-20-21(26(4,5)12-11-25(20,2)3)16-18(17)15-19-9-10-22(31-19)24(30)29-28-23-8-6-7-13-27-23/h6-10,13-14,16H,11-12,15H2,1-5H3,(H,27,28)(H,29,30). The quantitative estimate of drug-likeness (QED) is 0.524. The second-order valence-corrected chi connectivity index (χ2v) is 9.83. The van der Waals surface area contributed by atoms with Gasteiger partial charge < -0.3 is 4.42 Å². The van der Waals surface area contributed by atoms with Gasteiger partial charge in [0.05, 0.1) is 0 Å². The van der Waals surface area contributed by atoms with Crippen molar-refractivity contribution in [3.8, 4) is 0 Å². The maximum Gasteiger partial charge on any atom is 0.305 e. The van der Waals surface area contributed by atoms with Gasteiger partial charge in [0.25, 0.3) is 0 Å². The van der Waals surface area contributed by atoms with Crippen molar-refractivity contribution in [2.45, 2.75) is 64.7 Å². The third-order valence-electron chi connectivity index (χ3n) is 6.53. The van der Waals surface area contributed by atoms with E-state index < -0.39 is 0 Å². The zero-order valence-corrected chi connectivity index (χ0v) is 19.0. The molecule has 2 aromatic heterocycles. The summed E-state index contributed by atoms with van der Waals surface area (Å²) in [6, 6.07) is 13.7.